The van der Waals surface area contributed by atoms with Crippen LogP contribution in [0.5, 0.6) is 0 Å². The zero-order chi connectivity index (χ0) is 23.4. The molecule has 0 radical (unpaired) electrons. The molecule has 0 saturated carbocycles. The smallest absolute Gasteiger partial charge is 0.160 e. The van der Waals surface area contributed by atoms with Crippen LogP contribution in [0, 0.1) is 0 Å². The van der Waals surface area contributed by atoms with Gasteiger partial charge < -0.3 is 0 Å². The SMILES string of the molecule is CCCCCCCCCCCc1cnc(-c2ccc(CCCCCCCCCC)nc2)nc1. The van der Waals surface area contributed by atoms with Crippen molar-refractivity contribution in [3.8, 4) is 11.4 Å². The molecule has 0 bridgehead atoms. The summed E-state index contributed by atoms with van der Waals surface area (Å²) in [6.45, 7) is 4.56. The first kappa shape index (κ1) is 27.5. The van der Waals surface area contributed by atoms with Gasteiger partial charge >= 0.3 is 0 Å². The summed E-state index contributed by atoms with van der Waals surface area (Å²) in [6, 6.07) is 4.28. The number of aryl methyl sites for hydroxylation is 2. The van der Waals surface area contributed by atoms with Gasteiger partial charge in [0.2, 0.25) is 0 Å². The van der Waals surface area contributed by atoms with Crippen molar-refractivity contribution >= 4 is 0 Å². The number of nitrogens with zero attached hydrogens (tertiary/aromatic N) is 3. The molecule has 2 aromatic heterocycles. The third kappa shape index (κ3) is 12.9. The van der Waals surface area contributed by atoms with Crippen molar-refractivity contribution in [1.29, 1.82) is 0 Å². The number of hydrogen-bond donors (Lipinski definition) is 0. The summed E-state index contributed by atoms with van der Waals surface area (Å²) in [5.41, 5.74) is 3.46. The van der Waals surface area contributed by atoms with Crippen LogP contribution in [0.4, 0.5) is 0 Å². The van der Waals surface area contributed by atoms with Gasteiger partial charge in [-0.05, 0) is 43.4 Å². The van der Waals surface area contributed by atoms with Crippen molar-refractivity contribution in [2.24, 2.45) is 0 Å². The van der Waals surface area contributed by atoms with Gasteiger partial charge in [0, 0.05) is 29.8 Å². The molecule has 0 amide bonds. The highest BCUT2D eigenvalue weighted by atomic mass is 14.9. The quantitative estimate of drug-likeness (QED) is 0.188. The molecule has 3 nitrogen and oxygen atoms in total. The summed E-state index contributed by atoms with van der Waals surface area (Å²) in [4.78, 5) is 13.9. The summed E-state index contributed by atoms with van der Waals surface area (Å²) in [6.07, 6.45) is 31.2. The summed E-state index contributed by atoms with van der Waals surface area (Å²) < 4.78 is 0. The maximum absolute atomic E-state index is 4.66. The number of rotatable bonds is 20. The van der Waals surface area contributed by atoms with Crippen molar-refractivity contribution in [2.45, 2.75) is 136 Å². The Kier molecular flexibility index (Phi) is 15.5. The van der Waals surface area contributed by atoms with Crippen LogP contribution in [0.2, 0.25) is 0 Å². The number of hydrogen-bond acceptors (Lipinski definition) is 3. The molecule has 2 rings (SSSR count). The van der Waals surface area contributed by atoms with E-state index in [1.807, 2.05) is 18.6 Å². The third-order valence-corrected chi connectivity index (χ3v) is 6.64. The van der Waals surface area contributed by atoms with Gasteiger partial charge in [-0.15, -0.1) is 0 Å². The van der Waals surface area contributed by atoms with Gasteiger partial charge in [0.25, 0.3) is 0 Å². The largest absolute Gasteiger partial charge is 0.261 e. The zero-order valence-corrected chi connectivity index (χ0v) is 21.7. The van der Waals surface area contributed by atoms with Gasteiger partial charge in [-0.3, -0.25) is 4.98 Å². The van der Waals surface area contributed by atoms with Crippen LogP contribution in [-0.4, -0.2) is 15.0 Å². The molecule has 0 unspecified atom stereocenters. The maximum atomic E-state index is 4.66. The molecule has 2 heterocycles. The van der Waals surface area contributed by atoms with E-state index in [0.717, 1.165) is 24.2 Å². The first-order chi connectivity index (χ1) is 16.3. The molecule has 0 atom stereocenters. The normalized spacial score (nSPS) is 11.2. The van der Waals surface area contributed by atoms with E-state index in [1.54, 1.807) is 0 Å². The average molecular weight is 452 g/mol. The van der Waals surface area contributed by atoms with Crippen molar-refractivity contribution in [2.75, 3.05) is 0 Å². The Labute approximate surface area is 204 Å². The monoisotopic (exact) mass is 451 g/mol. The molecule has 184 valence electrons. The molecule has 0 saturated heterocycles. The maximum Gasteiger partial charge on any atom is 0.160 e. The van der Waals surface area contributed by atoms with Crippen LogP contribution in [0.3, 0.4) is 0 Å². The van der Waals surface area contributed by atoms with Crippen LogP contribution in [0.15, 0.2) is 30.7 Å². The van der Waals surface area contributed by atoms with E-state index in [0.29, 0.717) is 0 Å². The molecule has 0 fully saturated rings. The number of unbranched alkanes of at least 4 members (excludes halogenated alkanes) is 15. The molecule has 0 aromatic carbocycles. The summed E-state index contributed by atoms with van der Waals surface area (Å²) in [7, 11) is 0. The molecule has 0 spiro atoms. The number of pyridine rings is 1. The highest BCUT2D eigenvalue weighted by molar-refractivity contribution is 5.53. The lowest BCUT2D eigenvalue weighted by molar-refractivity contribution is 0.564. The molecule has 33 heavy (non-hydrogen) atoms. The second-order valence-electron chi connectivity index (χ2n) is 9.76. The average Bonchev–Trinajstić information content (AvgIpc) is 2.85. The van der Waals surface area contributed by atoms with Crippen LogP contribution in [-0.2, 0) is 12.8 Å². The molecular formula is C30H49N3. The lowest BCUT2D eigenvalue weighted by Gasteiger charge is -2.05. The molecule has 3 heteroatoms. The van der Waals surface area contributed by atoms with Crippen molar-refractivity contribution in [3.05, 3.63) is 42.0 Å². The summed E-state index contributed by atoms with van der Waals surface area (Å²) in [5, 5.41) is 0. The van der Waals surface area contributed by atoms with E-state index >= 15 is 0 Å². The van der Waals surface area contributed by atoms with Gasteiger partial charge in [-0.2, -0.15) is 0 Å². The predicted molar refractivity (Wildman–Crippen MR) is 143 cm³/mol. The molecule has 0 aliphatic heterocycles. The minimum absolute atomic E-state index is 0.789. The second kappa shape index (κ2) is 18.6. The Morgan fingerprint density at radius 1 is 0.485 bits per heavy atom. The van der Waals surface area contributed by atoms with Crippen molar-refractivity contribution < 1.29 is 0 Å². The summed E-state index contributed by atoms with van der Waals surface area (Å²) >= 11 is 0. The Balaban J connectivity index is 1.59. The molecule has 0 N–H and O–H groups in total. The topological polar surface area (TPSA) is 38.7 Å². The van der Waals surface area contributed by atoms with Crippen LogP contribution in [0.1, 0.15) is 134 Å². The zero-order valence-electron chi connectivity index (χ0n) is 21.7. The Morgan fingerprint density at radius 3 is 1.45 bits per heavy atom. The minimum Gasteiger partial charge on any atom is -0.261 e. The first-order valence-electron chi connectivity index (χ1n) is 14.1. The van der Waals surface area contributed by atoms with Crippen LogP contribution in [0.25, 0.3) is 11.4 Å². The van der Waals surface area contributed by atoms with Crippen LogP contribution < -0.4 is 0 Å². The second-order valence-corrected chi connectivity index (χ2v) is 9.76. The lowest BCUT2D eigenvalue weighted by atomic mass is 10.1. The predicted octanol–water partition coefficient (Wildman–Crippen LogP) is 9.30. The van der Waals surface area contributed by atoms with Gasteiger partial charge in [-0.25, -0.2) is 9.97 Å². The highest BCUT2D eigenvalue weighted by Crippen LogP contribution is 2.17. The van der Waals surface area contributed by atoms with Gasteiger partial charge in [0.1, 0.15) is 0 Å². The van der Waals surface area contributed by atoms with E-state index in [4.69, 9.17) is 0 Å². The van der Waals surface area contributed by atoms with E-state index in [1.165, 1.54) is 120 Å². The number of aromatic nitrogens is 3. The lowest BCUT2D eigenvalue weighted by Crippen LogP contribution is -1.95. The molecule has 2 aromatic rings. The Hall–Kier alpha value is -1.77. The van der Waals surface area contributed by atoms with Gasteiger partial charge in [0.15, 0.2) is 5.82 Å². The van der Waals surface area contributed by atoms with E-state index in [9.17, 15) is 0 Å². The van der Waals surface area contributed by atoms with Gasteiger partial charge in [-0.1, -0.05) is 110 Å². The Morgan fingerprint density at radius 2 is 0.970 bits per heavy atom. The minimum atomic E-state index is 0.789. The molecule has 0 aliphatic rings. The van der Waals surface area contributed by atoms with Gasteiger partial charge in [0.05, 0.1) is 0 Å². The summed E-state index contributed by atoms with van der Waals surface area (Å²) in [5.74, 6) is 0.789. The van der Waals surface area contributed by atoms with E-state index in [2.05, 4.69) is 40.9 Å². The van der Waals surface area contributed by atoms with Crippen molar-refractivity contribution in [1.82, 2.24) is 15.0 Å². The third-order valence-electron chi connectivity index (χ3n) is 6.64. The Bertz CT molecular complexity index is 693. The fraction of sp³-hybridized carbons (Fsp3) is 0.700. The van der Waals surface area contributed by atoms with Crippen molar-refractivity contribution in [3.63, 3.8) is 0 Å². The van der Waals surface area contributed by atoms with E-state index in [-0.39, 0.29) is 0 Å². The van der Waals surface area contributed by atoms with Crippen LogP contribution >= 0.6 is 0 Å². The van der Waals surface area contributed by atoms with E-state index < -0.39 is 0 Å². The molecule has 0 aliphatic carbocycles. The fourth-order valence-electron chi connectivity index (χ4n) is 4.42. The molecular weight excluding hydrogens is 402 g/mol. The first-order valence-corrected chi connectivity index (χ1v) is 14.1. The fourth-order valence-corrected chi connectivity index (χ4v) is 4.42. The highest BCUT2D eigenvalue weighted by Gasteiger charge is 2.04. The standard InChI is InChI=1S/C30H49N3/c1-3-5-7-9-11-13-14-16-18-20-27-24-32-30(33-25-27)28-22-23-29(31-26-28)21-19-17-15-12-10-8-6-4-2/h22-26H,3-21H2,1-2H3.